The lowest BCUT2D eigenvalue weighted by Crippen LogP contribution is -2.48. The van der Waals surface area contributed by atoms with Crippen LogP contribution in [0.25, 0.3) is 11.3 Å². The van der Waals surface area contributed by atoms with Gasteiger partial charge in [-0.2, -0.15) is 0 Å². The van der Waals surface area contributed by atoms with Crippen LogP contribution in [0.5, 0.6) is 0 Å². The molecule has 0 saturated carbocycles. The molecule has 2 heterocycles. The van der Waals surface area contributed by atoms with Crippen LogP contribution in [0.3, 0.4) is 0 Å². The number of aryl methyl sites for hydroxylation is 1. The van der Waals surface area contributed by atoms with Gasteiger partial charge in [0.1, 0.15) is 11.9 Å². The van der Waals surface area contributed by atoms with Crippen molar-refractivity contribution in [1.29, 1.82) is 0 Å². The van der Waals surface area contributed by atoms with Gasteiger partial charge in [0, 0.05) is 17.7 Å². The fourth-order valence-electron chi connectivity index (χ4n) is 3.73. The molecule has 160 valence electrons. The fraction of sp³-hybridized carbons (Fsp3) is 0.261. The summed E-state index contributed by atoms with van der Waals surface area (Å²) in [5, 5.41) is 11.1. The molecular weight excluding hydrogens is 420 g/mol. The minimum atomic E-state index is -0.516. The number of hydrogen-bond donors (Lipinski definition) is 0. The number of ether oxygens (including phenoxy) is 1. The van der Waals surface area contributed by atoms with E-state index in [-0.39, 0.29) is 34.5 Å². The third-order valence-corrected chi connectivity index (χ3v) is 5.79. The van der Waals surface area contributed by atoms with E-state index in [0.717, 1.165) is 11.1 Å². The largest absolute Gasteiger partial charge is 0.451 e. The van der Waals surface area contributed by atoms with E-state index in [1.165, 1.54) is 18.2 Å². The van der Waals surface area contributed by atoms with E-state index >= 15 is 0 Å². The highest BCUT2D eigenvalue weighted by molar-refractivity contribution is 6.33. The second kappa shape index (κ2) is 8.53. The van der Waals surface area contributed by atoms with Gasteiger partial charge in [-0.05, 0) is 43.2 Å². The van der Waals surface area contributed by atoms with E-state index in [9.17, 15) is 14.9 Å². The van der Waals surface area contributed by atoms with Gasteiger partial charge in [0.25, 0.3) is 11.6 Å². The maximum Gasteiger partial charge on any atom is 0.290 e. The molecule has 2 aromatic carbocycles. The molecule has 1 fully saturated rings. The lowest BCUT2D eigenvalue weighted by molar-refractivity contribution is -0.384. The molecule has 0 radical (unpaired) electrons. The Bertz CT molecular complexity index is 1140. The number of non-ortho nitro benzene ring substituents is 1. The van der Waals surface area contributed by atoms with Gasteiger partial charge in [0.2, 0.25) is 0 Å². The number of morpholine rings is 1. The van der Waals surface area contributed by atoms with Gasteiger partial charge < -0.3 is 14.1 Å². The number of nitro benzene ring substituents is 1. The van der Waals surface area contributed by atoms with E-state index in [2.05, 4.69) is 0 Å². The highest BCUT2D eigenvalue weighted by Crippen LogP contribution is 2.33. The van der Waals surface area contributed by atoms with Gasteiger partial charge in [-0.25, -0.2) is 0 Å². The maximum absolute atomic E-state index is 13.2. The molecular formula is C23H21ClN2O5. The molecule has 8 heteroatoms. The van der Waals surface area contributed by atoms with Crippen LogP contribution in [0.1, 0.15) is 34.7 Å². The van der Waals surface area contributed by atoms with Crippen LogP contribution in [-0.4, -0.2) is 34.9 Å². The average Bonchev–Trinajstić information content (AvgIpc) is 3.24. The zero-order chi connectivity index (χ0) is 22.1. The molecule has 0 spiro atoms. The Morgan fingerprint density at radius 2 is 1.97 bits per heavy atom. The summed E-state index contributed by atoms with van der Waals surface area (Å²) in [4.78, 5) is 25.3. The number of furan rings is 1. The summed E-state index contributed by atoms with van der Waals surface area (Å²) in [5.41, 5.74) is 2.55. The van der Waals surface area contributed by atoms with Crippen LogP contribution in [0.2, 0.25) is 5.02 Å². The van der Waals surface area contributed by atoms with E-state index in [1.54, 1.807) is 17.0 Å². The molecule has 4 rings (SSSR count). The number of halogens is 1. The molecule has 3 aromatic rings. The zero-order valence-electron chi connectivity index (χ0n) is 17.1. The van der Waals surface area contributed by atoms with E-state index < -0.39 is 4.92 Å². The van der Waals surface area contributed by atoms with Gasteiger partial charge in [0.15, 0.2) is 5.76 Å². The second-order valence-electron chi connectivity index (χ2n) is 7.57. The van der Waals surface area contributed by atoms with Gasteiger partial charge in [-0.15, -0.1) is 0 Å². The van der Waals surface area contributed by atoms with Crippen LogP contribution >= 0.6 is 11.6 Å². The van der Waals surface area contributed by atoms with E-state index in [0.29, 0.717) is 24.5 Å². The smallest absolute Gasteiger partial charge is 0.290 e. The molecule has 0 N–H and O–H groups in total. The Kier molecular flexibility index (Phi) is 5.80. The van der Waals surface area contributed by atoms with Crippen molar-refractivity contribution in [2.45, 2.75) is 26.0 Å². The van der Waals surface area contributed by atoms with Crippen molar-refractivity contribution in [1.82, 2.24) is 4.90 Å². The normalized spacial score (nSPS) is 18.7. The number of rotatable bonds is 4. The number of carbonyl (C=O) groups is 1. The van der Waals surface area contributed by atoms with Crippen LogP contribution in [0.15, 0.2) is 59.0 Å². The summed E-state index contributed by atoms with van der Waals surface area (Å²) in [5.74, 6) is 0.319. The van der Waals surface area contributed by atoms with Gasteiger partial charge in [-0.3, -0.25) is 14.9 Å². The van der Waals surface area contributed by atoms with Crippen molar-refractivity contribution < 1.29 is 18.9 Å². The number of hydrogen-bond acceptors (Lipinski definition) is 5. The van der Waals surface area contributed by atoms with Gasteiger partial charge >= 0.3 is 0 Å². The van der Waals surface area contributed by atoms with E-state index in [1.807, 2.05) is 38.1 Å². The van der Waals surface area contributed by atoms with Crippen LogP contribution in [-0.2, 0) is 4.74 Å². The third-order valence-electron chi connectivity index (χ3n) is 5.48. The highest BCUT2D eigenvalue weighted by Gasteiger charge is 2.33. The zero-order valence-corrected chi connectivity index (χ0v) is 17.8. The molecule has 0 aliphatic carbocycles. The third kappa shape index (κ3) is 4.19. The number of benzene rings is 2. The monoisotopic (exact) mass is 440 g/mol. The van der Waals surface area contributed by atoms with Gasteiger partial charge in [0.05, 0.1) is 29.1 Å². The Morgan fingerprint density at radius 1 is 1.19 bits per heavy atom. The Balaban J connectivity index is 1.56. The number of nitro groups is 1. The summed E-state index contributed by atoms with van der Waals surface area (Å²) in [6, 6.07) is 15.2. The summed E-state index contributed by atoms with van der Waals surface area (Å²) in [6.07, 6.45) is -0.208. The van der Waals surface area contributed by atoms with Crippen LogP contribution in [0, 0.1) is 17.0 Å². The van der Waals surface area contributed by atoms with Crippen molar-refractivity contribution in [3.63, 3.8) is 0 Å². The van der Waals surface area contributed by atoms with Crippen molar-refractivity contribution in [3.05, 3.63) is 86.6 Å². The topological polar surface area (TPSA) is 85.8 Å². The van der Waals surface area contributed by atoms with E-state index in [4.69, 9.17) is 20.8 Å². The first kappa shape index (κ1) is 21.1. The molecule has 2 atom stereocenters. The lowest BCUT2D eigenvalue weighted by Gasteiger charge is -2.38. The molecule has 1 amide bonds. The lowest BCUT2D eigenvalue weighted by atomic mass is 10.0. The molecule has 1 saturated heterocycles. The number of amides is 1. The van der Waals surface area contributed by atoms with Crippen LogP contribution < -0.4 is 0 Å². The molecule has 7 nitrogen and oxygen atoms in total. The predicted molar refractivity (Wildman–Crippen MR) is 116 cm³/mol. The summed E-state index contributed by atoms with van der Waals surface area (Å²) >= 11 is 6.19. The summed E-state index contributed by atoms with van der Waals surface area (Å²) in [6.45, 7) is 4.80. The van der Waals surface area contributed by atoms with Crippen LogP contribution in [0.4, 0.5) is 5.69 Å². The quantitative estimate of drug-likeness (QED) is 0.399. The standard InChI is InChI=1S/C23H21ClN2O5/c1-14-5-3-4-6-17(14)22-12-25(15(2)13-30-22)23(27)21-10-9-20(31-21)18-8-7-16(26(28)29)11-19(18)24/h3-11,15,22H,12-13H2,1-2H3/t15-,22+/m0/s1. The Labute approximate surface area is 184 Å². The first-order valence-electron chi connectivity index (χ1n) is 9.87. The second-order valence-corrected chi connectivity index (χ2v) is 7.98. The van der Waals surface area contributed by atoms with Crippen molar-refractivity contribution in [2.75, 3.05) is 13.2 Å². The average molecular weight is 441 g/mol. The molecule has 0 bridgehead atoms. The fourth-order valence-corrected chi connectivity index (χ4v) is 4.00. The van der Waals surface area contributed by atoms with Crippen molar-refractivity contribution in [3.8, 4) is 11.3 Å². The Morgan fingerprint density at radius 3 is 2.68 bits per heavy atom. The molecule has 31 heavy (non-hydrogen) atoms. The highest BCUT2D eigenvalue weighted by atomic mass is 35.5. The summed E-state index contributed by atoms with van der Waals surface area (Å²) < 4.78 is 11.8. The molecule has 1 aliphatic rings. The minimum absolute atomic E-state index is 0.107. The minimum Gasteiger partial charge on any atom is -0.451 e. The Hall–Kier alpha value is -3.16. The molecule has 1 aliphatic heterocycles. The first-order valence-corrected chi connectivity index (χ1v) is 10.2. The maximum atomic E-state index is 13.2. The van der Waals surface area contributed by atoms with Crippen molar-refractivity contribution in [2.24, 2.45) is 0 Å². The molecule has 1 aromatic heterocycles. The van der Waals surface area contributed by atoms with Crippen molar-refractivity contribution >= 4 is 23.2 Å². The number of carbonyl (C=O) groups excluding carboxylic acids is 1. The number of nitrogens with zero attached hydrogens (tertiary/aromatic N) is 2. The first-order chi connectivity index (χ1) is 14.8. The SMILES string of the molecule is Cc1ccccc1[C@H]1CN(C(=O)c2ccc(-c3ccc([N+](=O)[O-])cc3Cl)o2)[C@@H](C)CO1. The predicted octanol–water partition coefficient (Wildman–Crippen LogP) is 5.42. The molecule has 0 unspecified atom stereocenters. The van der Waals surface area contributed by atoms with Gasteiger partial charge in [-0.1, -0.05) is 35.9 Å². The summed E-state index contributed by atoms with van der Waals surface area (Å²) in [7, 11) is 0.